The molecule has 2 aromatic carbocycles. The second-order valence-electron chi connectivity index (χ2n) is 6.39. The summed E-state index contributed by atoms with van der Waals surface area (Å²) in [4.78, 5) is 40.4. The number of thiophene rings is 1. The van der Waals surface area contributed by atoms with Gasteiger partial charge in [-0.3, -0.25) is 19.3 Å². The fraction of sp³-hybridized carbons (Fsp3) is 0.0455. The van der Waals surface area contributed by atoms with E-state index < -0.39 is 17.1 Å². The topological polar surface area (TPSA) is 66.5 Å². The number of hydrogen-bond acceptors (Lipinski definition) is 6. The van der Waals surface area contributed by atoms with Crippen molar-refractivity contribution in [3.05, 3.63) is 81.5 Å². The Hall–Kier alpha value is -2.52. The van der Waals surface area contributed by atoms with Crippen LogP contribution in [0.5, 0.6) is 0 Å². The van der Waals surface area contributed by atoms with Gasteiger partial charge in [-0.1, -0.05) is 41.6 Å². The molecule has 31 heavy (non-hydrogen) atoms. The van der Waals surface area contributed by atoms with Crippen LogP contribution in [0.15, 0.2) is 80.7 Å². The second-order valence-corrected chi connectivity index (χ2v) is 10.3. The summed E-state index contributed by atoms with van der Waals surface area (Å²) in [6.07, 6.45) is 1.69. The number of nitrogens with zero attached hydrogens (tertiary/aromatic N) is 1. The molecule has 0 spiro atoms. The zero-order valence-electron chi connectivity index (χ0n) is 15.9. The van der Waals surface area contributed by atoms with Gasteiger partial charge in [-0.2, -0.15) is 0 Å². The standard InChI is InChI=1S/C22H15ClN2O3S3/c23-14-6-8-16(9-7-14)29-20-11-10-17(30-20)12-18-21(27)25(22(28)31-18)13-19(26)24-15-4-2-1-3-5-15/h1-12H,13H2,(H,24,26)/b18-12-. The SMILES string of the molecule is O=C(CN1C(=O)S/C(=C\c2ccc(Sc3ccc(Cl)cc3)s2)C1=O)Nc1ccccc1. The highest BCUT2D eigenvalue weighted by Crippen LogP contribution is 2.37. The van der Waals surface area contributed by atoms with Crippen LogP contribution in [-0.2, 0) is 9.59 Å². The number of carbonyl (C=O) groups excluding carboxylic acids is 3. The van der Waals surface area contributed by atoms with Crippen LogP contribution < -0.4 is 5.32 Å². The normalized spacial score (nSPS) is 15.0. The van der Waals surface area contributed by atoms with Crippen LogP contribution in [-0.4, -0.2) is 28.5 Å². The van der Waals surface area contributed by atoms with Crippen LogP contribution in [0.1, 0.15) is 4.88 Å². The van der Waals surface area contributed by atoms with Crippen molar-refractivity contribution in [1.82, 2.24) is 4.90 Å². The molecule has 156 valence electrons. The number of nitrogens with one attached hydrogen (secondary N) is 1. The molecule has 3 aromatic rings. The third-order valence-electron chi connectivity index (χ3n) is 4.14. The summed E-state index contributed by atoms with van der Waals surface area (Å²) in [7, 11) is 0. The first-order valence-electron chi connectivity index (χ1n) is 9.11. The van der Waals surface area contributed by atoms with Crippen molar-refractivity contribution in [2.24, 2.45) is 0 Å². The number of para-hydroxylation sites is 1. The molecule has 0 unspecified atom stereocenters. The minimum atomic E-state index is -0.460. The molecule has 0 radical (unpaired) electrons. The van der Waals surface area contributed by atoms with E-state index in [9.17, 15) is 14.4 Å². The maximum atomic E-state index is 12.7. The van der Waals surface area contributed by atoms with Crippen molar-refractivity contribution in [2.75, 3.05) is 11.9 Å². The molecule has 3 amide bonds. The predicted molar refractivity (Wildman–Crippen MR) is 128 cm³/mol. The number of benzene rings is 2. The lowest BCUT2D eigenvalue weighted by Crippen LogP contribution is -2.36. The summed E-state index contributed by atoms with van der Waals surface area (Å²) in [5.41, 5.74) is 0.610. The highest BCUT2D eigenvalue weighted by molar-refractivity contribution is 8.18. The third kappa shape index (κ3) is 5.59. The van der Waals surface area contributed by atoms with Crippen molar-refractivity contribution in [1.29, 1.82) is 0 Å². The van der Waals surface area contributed by atoms with Gasteiger partial charge in [0.1, 0.15) is 6.54 Å². The number of hydrogen-bond donors (Lipinski definition) is 1. The molecular formula is C22H15ClN2O3S3. The Kier molecular flexibility index (Phi) is 6.82. The van der Waals surface area contributed by atoms with E-state index in [4.69, 9.17) is 11.6 Å². The molecule has 0 bridgehead atoms. The van der Waals surface area contributed by atoms with Crippen molar-refractivity contribution in [2.45, 2.75) is 9.10 Å². The van der Waals surface area contributed by atoms with Gasteiger partial charge in [0, 0.05) is 20.5 Å². The van der Waals surface area contributed by atoms with Crippen LogP contribution in [0.4, 0.5) is 10.5 Å². The summed E-state index contributed by atoms with van der Waals surface area (Å²) >= 11 is 9.87. The Balaban J connectivity index is 1.40. The molecule has 1 aromatic heterocycles. The molecular weight excluding hydrogens is 472 g/mol. The van der Waals surface area contributed by atoms with Gasteiger partial charge in [-0.05, 0) is 66.4 Å². The zero-order valence-corrected chi connectivity index (χ0v) is 19.1. The van der Waals surface area contributed by atoms with Gasteiger partial charge in [0.2, 0.25) is 5.91 Å². The van der Waals surface area contributed by atoms with Gasteiger partial charge in [0.05, 0.1) is 9.11 Å². The predicted octanol–water partition coefficient (Wildman–Crippen LogP) is 6.23. The summed E-state index contributed by atoms with van der Waals surface area (Å²) in [6.45, 7) is -0.320. The van der Waals surface area contributed by atoms with Crippen LogP contribution >= 0.6 is 46.5 Å². The van der Waals surface area contributed by atoms with E-state index in [-0.39, 0.29) is 6.54 Å². The summed E-state index contributed by atoms with van der Waals surface area (Å²) < 4.78 is 1.05. The molecule has 2 heterocycles. The number of carbonyl (C=O) groups is 3. The van der Waals surface area contributed by atoms with Gasteiger partial charge < -0.3 is 5.32 Å². The smallest absolute Gasteiger partial charge is 0.294 e. The molecule has 1 aliphatic heterocycles. The van der Waals surface area contributed by atoms with Crippen molar-refractivity contribution >= 4 is 75.3 Å². The molecule has 1 aliphatic rings. The van der Waals surface area contributed by atoms with Crippen molar-refractivity contribution < 1.29 is 14.4 Å². The third-order valence-corrected chi connectivity index (χ3v) is 7.47. The van der Waals surface area contributed by atoms with E-state index in [1.54, 1.807) is 42.1 Å². The van der Waals surface area contributed by atoms with Gasteiger partial charge >= 0.3 is 0 Å². The largest absolute Gasteiger partial charge is 0.325 e. The minimum Gasteiger partial charge on any atom is -0.325 e. The first kappa shape index (κ1) is 21.7. The van der Waals surface area contributed by atoms with E-state index in [1.165, 1.54) is 11.3 Å². The molecule has 5 nitrogen and oxygen atoms in total. The Morgan fingerprint density at radius 2 is 1.77 bits per heavy atom. The number of rotatable bonds is 6. The number of imide groups is 1. The Bertz CT molecular complexity index is 1160. The number of halogens is 1. The molecule has 1 fully saturated rings. The molecule has 0 saturated carbocycles. The Morgan fingerprint density at radius 3 is 2.52 bits per heavy atom. The minimum absolute atomic E-state index is 0.308. The lowest BCUT2D eigenvalue weighted by Gasteiger charge is -2.12. The molecule has 1 saturated heterocycles. The second kappa shape index (κ2) is 9.74. The fourth-order valence-electron chi connectivity index (χ4n) is 2.72. The van der Waals surface area contributed by atoms with Crippen molar-refractivity contribution in [3.8, 4) is 0 Å². The first-order chi connectivity index (χ1) is 15.0. The van der Waals surface area contributed by atoms with Crippen LogP contribution in [0, 0.1) is 0 Å². The quantitative estimate of drug-likeness (QED) is 0.418. The lowest BCUT2D eigenvalue weighted by atomic mass is 10.3. The van der Waals surface area contributed by atoms with Gasteiger partial charge in [-0.15, -0.1) is 11.3 Å². The molecule has 0 aliphatic carbocycles. The number of anilines is 1. The number of thioether (sulfide) groups is 1. The van der Waals surface area contributed by atoms with E-state index in [0.717, 1.165) is 30.6 Å². The van der Waals surface area contributed by atoms with Crippen LogP contribution in [0.2, 0.25) is 5.02 Å². The fourth-order valence-corrected chi connectivity index (χ4v) is 5.81. The molecule has 0 atom stereocenters. The Labute approximate surface area is 196 Å². The Morgan fingerprint density at radius 1 is 1.03 bits per heavy atom. The van der Waals surface area contributed by atoms with Gasteiger partial charge in [0.15, 0.2) is 0 Å². The summed E-state index contributed by atoms with van der Waals surface area (Å²) in [6, 6.07) is 20.3. The lowest BCUT2D eigenvalue weighted by molar-refractivity contribution is -0.127. The molecule has 9 heteroatoms. The van der Waals surface area contributed by atoms with E-state index in [1.807, 2.05) is 42.5 Å². The maximum Gasteiger partial charge on any atom is 0.294 e. The van der Waals surface area contributed by atoms with E-state index in [2.05, 4.69) is 5.32 Å². The highest BCUT2D eigenvalue weighted by Gasteiger charge is 2.36. The van der Waals surface area contributed by atoms with Gasteiger partial charge in [0.25, 0.3) is 11.1 Å². The van der Waals surface area contributed by atoms with E-state index >= 15 is 0 Å². The molecule has 1 N–H and O–H groups in total. The van der Waals surface area contributed by atoms with Crippen LogP contribution in [0.3, 0.4) is 0 Å². The van der Waals surface area contributed by atoms with Crippen LogP contribution in [0.25, 0.3) is 6.08 Å². The zero-order chi connectivity index (χ0) is 21.8. The highest BCUT2D eigenvalue weighted by atomic mass is 35.5. The molecule has 4 rings (SSSR count). The maximum absolute atomic E-state index is 12.7. The monoisotopic (exact) mass is 486 g/mol. The average molecular weight is 487 g/mol. The first-order valence-corrected chi connectivity index (χ1v) is 11.9. The number of amides is 3. The summed E-state index contributed by atoms with van der Waals surface area (Å²) in [5, 5.41) is 2.91. The van der Waals surface area contributed by atoms with E-state index in [0.29, 0.717) is 15.6 Å². The average Bonchev–Trinajstić information content (AvgIpc) is 3.30. The van der Waals surface area contributed by atoms with Crippen molar-refractivity contribution in [3.63, 3.8) is 0 Å². The van der Waals surface area contributed by atoms with Gasteiger partial charge in [-0.25, -0.2) is 0 Å². The summed E-state index contributed by atoms with van der Waals surface area (Å²) in [5.74, 6) is -0.883.